The predicted octanol–water partition coefficient (Wildman–Crippen LogP) is 0.895. The summed E-state index contributed by atoms with van der Waals surface area (Å²) in [4.78, 5) is -0.299. The van der Waals surface area contributed by atoms with Crippen molar-refractivity contribution in [1.29, 1.82) is 0 Å². The fourth-order valence-electron chi connectivity index (χ4n) is 1.84. The third-order valence-electron chi connectivity index (χ3n) is 2.67. The van der Waals surface area contributed by atoms with E-state index in [1.165, 1.54) is 18.2 Å². The van der Waals surface area contributed by atoms with Crippen LogP contribution < -0.4 is 5.73 Å². The molecule has 0 aromatic heterocycles. The van der Waals surface area contributed by atoms with Crippen LogP contribution in [0.2, 0.25) is 0 Å². The number of nitrogens with two attached hydrogens (primary N) is 1. The zero-order valence-corrected chi connectivity index (χ0v) is 9.45. The van der Waals surface area contributed by atoms with E-state index in [-0.39, 0.29) is 4.90 Å². The van der Waals surface area contributed by atoms with Crippen molar-refractivity contribution in [2.24, 2.45) is 5.73 Å². The highest BCUT2D eigenvalue weighted by Crippen LogP contribution is 2.24. The van der Waals surface area contributed by atoms with Gasteiger partial charge in [-0.1, -0.05) is 12.1 Å². The molecular formula is C10H13FN2O2S. The molecule has 1 heterocycles. The molecule has 1 saturated heterocycles. The number of rotatable bonds is 2. The van der Waals surface area contributed by atoms with Gasteiger partial charge < -0.3 is 5.73 Å². The highest BCUT2D eigenvalue weighted by molar-refractivity contribution is 7.89. The SMILES string of the molecule is NC1CCCN1S(=O)(=O)c1ccccc1F. The Balaban J connectivity index is 2.43. The Bertz CT molecular complexity index is 489. The van der Waals surface area contributed by atoms with E-state index in [0.717, 1.165) is 16.8 Å². The van der Waals surface area contributed by atoms with E-state index in [0.29, 0.717) is 13.0 Å². The van der Waals surface area contributed by atoms with Gasteiger partial charge in [0.2, 0.25) is 10.0 Å². The van der Waals surface area contributed by atoms with Crippen LogP contribution in [0.4, 0.5) is 4.39 Å². The molecule has 1 aromatic rings. The zero-order chi connectivity index (χ0) is 11.8. The van der Waals surface area contributed by atoms with Crippen molar-refractivity contribution in [3.8, 4) is 0 Å². The number of hydrogen-bond donors (Lipinski definition) is 1. The average Bonchev–Trinajstić information content (AvgIpc) is 2.65. The molecule has 1 atom stereocenters. The standard InChI is InChI=1S/C10H13FN2O2S/c11-8-4-1-2-5-9(8)16(14,15)13-7-3-6-10(13)12/h1-2,4-5,10H,3,6-7,12H2. The largest absolute Gasteiger partial charge is 0.315 e. The second kappa shape index (κ2) is 4.12. The van der Waals surface area contributed by atoms with Crippen LogP contribution >= 0.6 is 0 Å². The third-order valence-corrected chi connectivity index (χ3v) is 4.63. The van der Waals surface area contributed by atoms with Crippen LogP contribution in [0.1, 0.15) is 12.8 Å². The van der Waals surface area contributed by atoms with Gasteiger partial charge in [0.05, 0.1) is 6.17 Å². The van der Waals surface area contributed by atoms with Gasteiger partial charge >= 0.3 is 0 Å². The molecule has 1 aliphatic rings. The van der Waals surface area contributed by atoms with Crippen molar-refractivity contribution in [1.82, 2.24) is 4.31 Å². The van der Waals surface area contributed by atoms with Gasteiger partial charge in [-0.15, -0.1) is 0 Å². The molecule has 1 fully saturated rings. The Morgan fingerprint density at radius 1 is 1.38 bits per heavy atom. The van der Waals surface area contributed by atoms with Gasteiger partial charge in [0.15, 0.2) is 0 Å². The Hall–Kier alpha value is -0.980. The number of sulfonamides is 1. The summed E-state index contributed by atoms with van der Waals surface area (Å²) in [6, 6.07) is 5.35. The number of hydrogen-bond acceptors (Lipinski definition) is 3. The summed E-state index contributed by atoms with van der Waals surface area (Å²) in [6.07, 6.45) is 0.798. The Kier molecular flexibility index (Phi) is 2.96. The first-order valence-electron chi connectivity index (χ1n) is 5.05. The molecule has 16 heavy (non-hydrogen) atoms. The van der Waals surface area contributed by atoms with Gasteiger partial charge in [-0.2, -0.15) is 4.31 Å². The van der Waals surface area contributed by atoms with Gasteiger partial charge in [0.25, 0.3) is 0 Å². The van der Waals surface area contributed by atoms with Crippen LogP contribution in [0.25, 0.3) is 0 Å². The summed E-state index contributed by atoms with van der Waals surface area (Å²) < 4.78 is 38.7. The molecular weight excluding hydrogens is 231 g/mol. The van der Waals surface area contributed by atoms with Crippen LogP contribution in [0, 0.1) is 5.82 Å². The highest BCUT2D eigenvalue weighted by atomic mass is 32.2. The summed E-state index contributed by atoms with van der Waals surface area (Å²) in [5.41, 5.74) is 5.68. The minimum atomic E-state index is -3.79. The molecule has 88 valence electrons. The van der Waals surface area contributed by atoms with Gasteiger partial charge in [-0.3, -0.25) is 0 Å². The first-order valence-corrected chi connectivity index (χ1v) is 6.49. The first-order chi connectivity index (χ1) is 7.53. The highest BCUT2D eigenvalue weighted by Gasteiger charge is 2.34. The normalized spacial score (nSPS) is 22.5. The Labute approximate surface area is 93.9 Å². The lowest BCUT2D eigenvalue weighted by molar-refractivity contribution is 0.393. The minimum Gasteiger partial charge on any atom is -0.315 e. The van der Waals surface area contributed by atoms with Crippen molar-refractivity contribution >= 4 is 10.0 Å². The summed E-state index contributed by atoms with van der Waals surface area (Å²) in [5.74, 6) is -0.735. The maximum Gasteiger partial charge on any atom is 0.247 e. The average molecular weight is 244 g/mol. The molecule has 1 unspecified atom stereocenters. The molecule has 0 saturated carbocycles. The van der Waals surface area contributed by atoms with E-state index in [2.05, 4.69) is 0 Å². The molecule has 1 aromatic carbocycles. The second-order valence-electron chi connectivity index (χ2n) is 3.76. The van der Waals surface area contributed by atoms with E-state index >= 15 is 0 Å². The van der Waals surface area contributed by atoms with E-state index in [4.69, 9.17) is 5.73 Å². The molecule has 0 spiro atoms. The lowest BCUT2D eigenvalue weighted by atomic mass is 10.3. The fraction of sp³-hybridized carbons (Fsp3) is 0.400. The molecule has 2 rings (SSSR count). The Morgan fingerprint density at radius 2 is 2.06 bits per heavy atom. The van der Waals surface area contributed by atoms with E-state index in [1.54, 1.807) is 0 Å². The summed E-state index contributed by atoms with van der Waals surface area (Å²) in [7, 11) is -3.79. The van der Waals surface area contributed by atoms with Crippen molar-refractivity contribution < 1.29 is 12.8 Å². The lowest BCUT2D eigenvalue weighted by Gasteiger charge is -2.20. The van der Waals surface area contributed by atoms with Crippen LogP contribution in [0.15, 0.2) is 29.2 Å². The topological polar surface area (TPSA) is 63.4 Å². The third kappa shape index (κ3) is 1.83. The van der Waals surface area contributed by atoms with Crippen LogP contribution in [-0.4, -0.2) is 25.4 Å². The summed E-state index contributed by atoms with van der Waals surface area (Å²) >= 11 is 0. The molecule has 2 N–H and O–H groups in total. The van der Waals surface area contributed by atoms with E-state index in [1.807, 2.05) is 0 Å². The maximum absolute atomic E-state index is 13.4. The minimum absolute atomic E-state index is 0.299. The molecule has 0 bridgehead atoms. The van der Waals surface area contributed by atoms with E-state index < -0.39 is 22.0 Å². The Morgan fingerprint density at radius 3 is 2.62 bits per heavy atom. The molecule has 4 nitrogen and oxygen atoms in total. The fourth-order valence-corrected chi connectivity index (χ4v) is 3.49. The zero-order valence-electron chi connectivity index (χ0n) is 8.64. The number of benzene rings is 1. The molecule has 0 amide bonds. The summed E-state index contributed by atoms with van der Waals surface area (Å²) in [5, 5.41) is 0. The van der Waals surface area contributed by atoms with Crippen LogP contribution in [-0.2, 0) is 10.0 Å². The van der Waals surface area contributed by atoms with Crippen molar-refractivity contribution in [2.75, 3.05) is 6.54 Å². The second-order valence-corrected chi connectivity index (χ2v) is 5.61. The van der Waals surface area contributed by atoms with Crippen molar-refractivity contribution in [3.05, 3.63) is 30.1 Å². The van der Waals surface area contributed by atoms with Crippen molar-refractivity contribution in [2.45, 2.75) is 23.9 Å². The molecule has 0 aliphatic carbocycles. The van der Waals surface area contributed by atoms with Crippen LogP contribution in [0.3, 0.4) is 0 Å². The molecule has 6 heteroatoms. The quantitative estimate of drug-likeness (QED) is 0.840. The number of halogens is 1. The van der Waals surface area contributed by atoms with Crippen LogP contribution in [0.5, 0.6) is 0 Å². The smallest absolute Gasteiger partial charge is 0.247 e. The molecule has 0 radical (unpaired) electrons. The number of nitrogens with zero attached hydrogens (tertiary/aromatic N) is 1. The monoisotopic (exact) mass is 244 g/mol. The predicted molar refractivity (Wildman–Crippen MR) is 57.5 cm³/mol. The molecule has 1 aliphatic heterocycles. The lowest BCUT2D eigenvalue weighted by Crippen LogP contribution is -2.41. The summed E-state index contributed by atoms with van der Waals surface area (Å²) in [6.45, 7) is 0.359. The van der Waals surface area contributed by atoms with Gasteiger partial charge in [-0.05, 0) is 25.0 Å². The van der Waals surface area contributed by atoms with E-state index in [9.17, 15) is 12.8 Å². The van der Waals surface area contributed by atoms with Gasteiger partial charge in [-0.25, -0.2) is 12.8 Å². The van der Waals surface area contributed by atoms with Gasteiger partial charge in [0.1, 0.15) is 10.7 Å². The van der Waals surface area contributed by atoms with Gasteiger partial charge in [0, 0.05) is 6.54 Å². The first kappa shape index (κ1) is 11.5. The maximum atomic E-state index is 13.4. The van der Waals surface area contributed by atoms with Crippen molar-refractivity contribution in [3.63, 3.8) is 0 Å².